The Labute approximate surface area is 186 Å². The molecule has 1 amide bonds. The summed E-state index contributed by atoms with van der Waals surface area (Å²) < 4.78 is 30.4. The fourth-order valence-corrected chi connectivity index (χ4v) is 7.59. The van der Waals surface area contributed by atoms with Gasteiger partial charge in [-0.15, -0.1) is 22.7 Å². The van der Waals surface area contributed by atoms with Gasteiger partial charge in [0.05, 0.1) is 0 Å². The monoisotopic (exact) mass is 477 g/mol. The van der Waals surface area contributed by atoms with E-state index in [0.29, 0.717) is 24.7 Å². The third kappa shape index (κ3) is 3.50. The van der Waals surface area contributed by atoms with Crippen LogP contribution in [0.5, 0.6) is 0 Å². The molecule has 1 unspecified atom stereocenters. The van der Waals surface area contributed by atoms with Gasteiger partial charge in [0.1, 0.15) is 15.4 Å². The van der Waals surface area contributed by atoms with Crippen LogP contribution in [0.2, 0.25) is 5.15 Å². The van der Waals surface area contributed by atoms with Gasteiger partial charge in [-0.05, 0) is 40.9 Å². The first kappa shape index (κ1) is 19.9. The fourth-order valence-electron chi connectivity index (χ4n) is 3.66. The minimum Gasteiger partial charge on any atom is -0.337 e. The molecule has 1 N–H and O–H groups in total. The quantitative estimate of drug-likeness (QED) is 0.436. The number of aromatic nitrogens is 1. The van der Waals surface area contributed by atoms with Crippen LogP contribution in [0.4, 0.5) is 0 Å². The normalized spacial score (nSPS) is 17.4. The molecule has 1 aromatic carbocycles. The fraction of sp³-hybridized carbons (Fsp3) is 0.200. The maximum atomic E-state index is 12.9. The number of likely N-dealkylation sites (tertiary alicyclic amines) is 1. The summed E-state index contributed by atoms with van der Waals surface area (Å²) in [7, 11) is -3.77. The van der Waals surface area contributed by atoms with Gasteiger partial charge in [-0.3, -0.25) is 4.79 Å². The van der Waals surface area contributed by atoms with Crippen LogP contribution < -0.4 is 4.72 Å². The summed E-state index contributed by atoms with van der Waals surface area (Å²) in [5, 5.41) is 4.11. The second-order valence-electron chi connectivity index (χ2n) is 7.06. The van der Waals surface area contributed by atoms with Crippen molar-refractivity contribution in [3.63, 3.8) is 0 Å². The molecule has 3 aromatic heterocycles. The van der Waals surface area contributed by atoms with Crippen molar-refractivity contribution in [2.24, 2.45) is 0 Å². The maximum absolute atomic E-state index is 12.9. The van der Waals surface area contributed by atoms with Crippen molar-refractivity contribution in [2.45, 2.75) is 23.2 Å². The maximum Gasteiger partial charge on any atom is 0.250 e. The number of halogens is 1. The number of carbonyl (C=O) groups is 1. The van der Waals surface area contributed by atoms with Crippen LogP contribution in [0, 0.1) is 0 Å². The molecule has 4 aromatic rings. The van der Waals surface area contributed by atoms with Crippen molar-refractivity contribution in [1.82, 2.24) is 14.6 Å². The van der Waals surface area contributed by atoms with Crippen molar-refractivity contribution in [1.29, 1.82) is 0 Å². The van der Waals surface area contributed by atoms with E-state index in [1.165, 1.54) is 11.3 Å². The Balaban J connectivity index is 1.34. The van der Waals surface area contributed by atoms with Crippen LogP contribution in [0.15, 0.2) is 52.2 Å². The number of rotatable bonds is 5. The molecule has 0 spiro atoms. The molecule has 5 rings (SSSR count). The first-order valence-electron chi connectivity index (χ1n) is 9.23. The van der Waals surface area contributed by atoms with Crippen LogP contribution in [0.3, 0.4) is 0 Å². The number of amides is 1. The molecular weight excluding hydrogens is 462 g/mol. The molecule has 1 fully saturated rings. The van der Waals surface area contributed by atoms with Gasteiger partial charge in [-0.1, -0.05) is 29.8 Å². The van der Waals surface area contributed by atoms with E-state index in [0.717, 1.165) is 25.7 Å². The molecule has 1 atom stereocenters. The number of nitrogens with one attached hydrogen (secondary N) is 1. The Morgan fingerprint density at radius 1 is 1.23 bits per heavy atom. The summed E-state index contributed by atoms with van der Waals surface area (Å²) in [6.07, 6.45) is 2.09. The van der Waals surface area contributed by atoms with Crippen molar-refractivity contribution in [3.8, 4) is 0 Å². The predicted molar refractivity (Wildman–Crippen MR) is 121 cm³/mol. The number of benzene rings is 1. The summed E-state index contributed by atoms with van der Waals surface area (Å²) in [6.45, 7) is 0.860. The molecule has 1 aliphatic rings. The molecule has 30 heavy (non-hydrogen) atoms. The van der Waals surface area contributed by atoms with Gasteiger partial charge < -0.3 is 4.90 Å². The molecule has 154 valence electrons. The average molecular weight is 478 g/mol. The number of pyridine rings is 1. The van der Waals surface area contributed by atoms with Gasteiger partial charge in [-0.2, -0.15) is 4.72 Å². The van der Waals surface area contributed by atoms with Crippen LogP contribution in [0.25, 0.3) is 20.2 Å². The van der Waals surface area contributed by atoms with E-state index in [1.807, 2.05) is 35.7 Å². The van der Waals surface area contributed by atoms with E-state index in [2.05, 4.69) is 9.71 Å². The average Bonchev–Trinajstić information content (AvgIpc) is 3.42. The van der Waals surface area contributed by atoms with E-state index in [9.17, 15) is 13.2 Å². The van der Waals surface area contributed by atoms with Crippen LogP contribution >= 0.6 is 34.3 Å². The van der Waals surface area contributed by atoms with Gasteiger partial charge in [-0.25, -0.2) is 13.4 Å². The predicted octanol–water partition coefficient (Wildman–Crippen LogP) is 4.24. The molecule has 6 nitrogen and oxygen atoms in total. The summed E-state index contributed by atoms with van der Waals surface area (Å²) in [4.78, 5) is 18.7. The molecule has 0 bridgehead atoms. The zero-order valence-corrected chi connectivity index (χ0v) is 18.7. The lowest BCUT2D eigenvalue weighted by Crippen LogP contribution is -2.41. The lowest BCUT2D eigenvalue weighted by Gasteiger charge is -2.17. The SMILES string of the molecule is O=C1C(NS(=O)(=O)c2cc3ccccc3s2)CCN1Cc1csc2ccnc(Cl)c12. The highest BCUT2D eigenvalue weighted by Gasteiger charge is 2.35. The molecule has 1 saturated heterocycles. The highest BCUT2D eigenvalue weighted by Crippen LogP contribution is 2.33. The van der Waals surface area contributed by atoms with Gasteiger partial charge in [0.2, 0.25) is 5.91 Å². The number of fused-ring (bicyclic) bond motifs is 2. The summed E-state index contributed by atoms with van der Waals surface area (Å²) in [5.41, 5.74) is 0.925. The number of thiophene rings is 2. The van der Waals surface area contributed by atoms with Gasteiger partial charge in [0.15, 0.2) is 0 Å². The second-order valence-corrected chi connectivity index (χ2v) is 11.4. The highest BCUT2D eigenvalue weighted by atomic mass is 35.5. The van der Waals surface area contributed by atoms with E-state index in [1.54, 1.807) is 28.5 Å². The number of hydrogen-bond donors (Lipinski definition) is 1. The van der Waals surface area contributed by atoms with Crippen LogP contribution in [-0.2, 0) is 21.4 Å². The number of hydrogen-bond acceptors (Lipinski definition) is 6. The zero-order valence-electron chi connectivity index (χ0n) is 15.5. The Kier molecular flexibility index (Phi) is 5.03. The Morgan fingerprint density at radius 2 is 2.07 bits per heavy atom. The zero-order chi connectivity index (χ0) is 20.9. The first-order valence-corrected chi connectivity index (χ1v) is 12.8. The van der Waals surface area contributed by atoms with E-state index >= 15 is 0 Å². The Morgan fingerprint density at radius 3 is 2.90 bits per heavy atom. The second kappa shape index (κ2) is 7.58. The van der Waals surface area contributed by atoms with Crippen molar-refractivity contribution in [2.75, 3.05) is 6.54 Å². The summed E-state index contributed by atoms with van der Waals surface area (Å²) >= 11 is 9.00. The van der Waals surface area contributed by atoms with Crippen LogP contribution in [0.1, 0.15) is 12.0 Å². The van der Waals surface area contributed by atoms with Crippen molar-refractivity contribution < 1.29 is 13.2 Å². The smallest absolute Gasteiger partial charge is 0.250 e. The Bertz CT molecular complexity index is 1350. The molecule has 0 aliphatic carbocycles. The summed E-state index contributed by atoms with van der Waals surface area (Å²) in [5.74, 6) is -0.223. The molecule has 0 saturated carbocycles. The minimum absolute atomic E-state index is 0.219. The molecule has 10 heteroatoms. The topological polar surface area (TPSA) is 79.4 Å². The van der Waals surface area contributed by atoms with Gasteiger partial charge >= 0.3 is 0 Å². The minimum atomic E-state index is -3.77. The lowest BCUT2D eigenvalue weighted by atomic mass is 10.2. The van der Waals surface area contributed by atoms with Gasteiger partial charge in [0, 0.05) is 34.1 Å². The van der Waals surface area contributed by atoms with Crippen molar-refractivity contribution >= 4 is 70.4 Å². The number of carbonyl (C=O) groups excluding carboxylic acids is 1. The third-order valence-corrected chi connectivity index (χ3v) is 9.48. The standard InChI is InChI=1S/C20H16ClN3O3S3/c21-19-18-13(11-28-16(18)5-7-22-19)10-24-8-6-14(20(24)25)23-30(26,27)17-9-12-3-1-2-4-15(12)29-17/h1-5,7,9,11,14,23H,6,8,10H2. The molecule has 0 radical (unpaired) electrons. The summed E-state index contributed by atoms with van der Waals surface area (Å²) in [6, 6.07) is 10.3. The number of sulfonamides is 1. The van der Waals surface area contributed by atoms with E-state index in [4.69, 9.17) is 11.6 Å². The Hall–Kier alpha value is -2.04. The number of nitrogens with zero attached hydrogens (tertiary/aromatic N) is 2. The van der Waals surface area contributed by atoms with Crippen LogP contribution in [-0.4, -0.2) is 36.8 Å². The lowest BCUT2D eigenvalue weighted by molar-refractivity contribution is -0.129. The first-order chi connectivity index (χ1) is 14.4. The molecule has 1 aliphatic heterocycles. The largest absolute Gasteiger partial charge is 0.337 e. The highest BCUT2D eigenvalue weighted by molar-refractivity contribution is 7.91. The third-order valence-electron chi connectivity index (χ3n) is 5.14. The molecular formula is C20H16ClN3O3S3. The van der Waals surface area contributed by atoms with E-state index in [-0.39, 0.29) is 10.1 Å². The van der Waals surface area contributed by atoms with E-state index < -0.39 is 16.1 Å². The van der Waals surface area contributed by atoms with Gasteiger partial charge in [0.25, 0.3) is 10.0 Å². The molecule has 4 heterocycles. The van der Waals surface area contributed by atoms with Crippen molar-refractivity contribution in [3.05, 3.63) is 58.7 Å².